The van der Waals surface area contributed by atoms with Crippen molar-refractivity contribution < 1.29 is 9.21 Å². The smallest absolute Gasteiger partial charge is 0.223 e. The summed E-state index contributed by atoms with van der Waals surface area (Å²) in [4.78, 5) is 14.6. The van der Waals surface area contributed by atoms with Gasteiger partial charge in [-0.05, 0) is 47.9 Å². The lowest BCUT2D eigenvalue weighted by molar-refractivity contribution is -0.133. The molecule has 21 heavy (non-hydrogen) atoms. The zero-order chi connectivity index (χ0) is 14.7. The van der Waals surface area contributed by atoms with Crippen molar-refractivity contribution in [2.75, 3.05) is 18.1 Å². The monoisotopic (exact) mass is 321 g/mol. The SMILES string of the molecule is Cc1ccc([C@@H]2CSCCN2C(=O)CCc2ccsc2)o1. The highest BCUT2D eigenvalue weighted by Crippen LogP contribution is 2.31. The summed E-state index contributed by atoms with van der Waals surface area (Å²) >= 11 is 3.58. The van der Waals surface area contributed by atoms with Gasteiger partial charge in [0.05, 0.1) is 6.04 Å². The van der Waals surface area contributed by atoms with E-state index in [4.69, 9.17) is 4.42 Å². The second-order valence-corrected chi connectivity index (χ2v) is 7.19. The van der Waals surface area contributed by atoms with Crippen molar-refractivity contribution in [2.24, 2.45) is 0 Å². The fourth-order valence-electron chi connectivity index (χ4n) is 2.60. The molecular weight excluding hydrogens is 302 g/mol. The Morgan fingerprint density at radius 1 is 1.43 bits per heavy atom. The van der Waals surface area contributed by atoms with Gasteiger partial charge in [0, 0.05) is 24.5 Å². The molecule has 1 fully saturated rings. The lowest BCUT2D eigenvalue weighted by Crippen LogP contribution is -2.40. The van der Waals surface area contributed by atoms with Crippen LogP contribution in [0.4, 0.5) is 0 Å². The van der Waals surface area contributed by atoms with E-state index in [1.165, 1.54) is 5.56 Å². The summed E-state index contributed by atoms with van der Waals surface area (Å²) in [7, 11) is 0. The first kappa shape index (κ1) is 14.7. The fourth-order valence-corrected chi connectivity index (χ4v) is 4.36. The second-order valence-electron chi connectivity index (χ2n) is 5.26. The molecule has 0 aromatic carbocycles. The van der Waals surface area contributed by atoms with E-state index in [-0.39, 0.29) is 11.9 Å². The zero-order valence-electron chi connectivity index (χ0n) is 12.1. The predicted octanol–water partition coefficient (Wildman–Crippen LogP) is 3.90. The Hall–Kier alpha value is -1.20. The van der Waals surface area contributed by atoms with E-state index in [9.17, 15) is 4.79 Å². The molecule has 1 saturated heterocycles. The lowest BCUT2D eigenvalue weighted by atomic mass is 10.1. The average molecular weight is 321 g/mol. The predicted molar refractivity (Wildman–Crippen MR) is 87.9 cm³/mol. The minimum absolute atomic E-state index is 0.0902. The molecule has 1 atom stereocenters. The van der Waals surface area contributed by atoms with Crippen LogP contribution in [-0.2, 0) is 11.2 Å². The normalized spacial score (nSPS) is 18.9. The number of aryl methyl sites for hydroxylation is 2. The third-order valence-electron chi connectivity index (χ3n) is 3.75. The Morgan fingerprint density at radius 3 is 3.05 bits per heavy atom. The van der Waals surface area contributed by atoms with Crippen LogP contribution in [0.15, 0.2) is 33.4 Å². The van der Waals surface area contributed by atoms with Gasteiger partial charge in [0.2, 0.25) is 5.91 Å². The van der Waals surface area contributed by atoms with Crippen molar-refractivity contribution in [3.63, 3.8) is 0 Å². The van der Waals surface area contributed by atoms with Crippen LogP contribution in [-0.4, -0.2) is 28.9 Å². The molecular formula is C16H19NO2S2. The van der Waals surface area contributed by atoms with Crippen LogP contribution in [0.25, 0.3) is 0 Å². The number of hydrogen-bond acceptors (Lipinski definition) is 4. The van der Waals surface area contributed by atoms with E-state index in [1.807, 2.05) is 35.7 Å². The minimum Gasteiger partial charge on any atom is -0.464 e. The highest BCUT2D eigenvalue weighted by atomic mass is 32.2. The van der Waals surface area contributed by atoms with Crippen molar-refractivity contribution in [1.29, 1.82) is 0 Å². The number of carbonyl (C=O) groups is 1. The first-order valence-electron chi connectivity index (χ1n) is 7.18. The Kier molecular flexibility index (Phi) is 4.70. The number of thioether (sulfide) groups is 1. The summed E-state index contributed by atoms with van der Waals surface area (Å²) < 4.78 is 5.75. The molecule has 5 heteroatoms. The standard InChI is InChI=1S/C16H19NO2S2/c1-12-2-4-15(19-12)14-11-21-9-7-17(14)16(18)5-3-13-6-8-20-10-13/h2,4,6,8,10,14H,3,5,7,9,11H2,1H3/t14-/m0/s1. The molecule has 0 aliphatic carbocycles. The van der Waals surface area contributed by atoms with E-state index in [0.717, 1.165) is 36.0 Å². The third-order valence-corrected chi connectivity index (χ3v) is 5.50. The van der Waals surface area contributed by atoms with Crippen LogP contribution in [0.1, 0.15) is 29.5 Å². The molecule has 0 saturated carbocycles. The lowest BCUT2D eigenvalue weighted by Gasteiger charge is -2.34. The van der Waals surface area contributed by atoms with Crippen molar-refractivity contribution >= 4 is 29.0 Å². The molecule has 1 aliphatic rings. The van der Waals surface area contributed by atoms with Gasteiger partial charge in [-0.1, -0.05) is 0 Å². The van der Waals surface area contributed by atoms with Gasteiger partial charge in [-0.3, -0.25) is 4.79 Å². The van der Waals surface area contributed by atoms with Crippen molar-refractivity contribution in [3.8, 4) is 0 Å². The van der Waals surface area contributed by atoms with Gasteiger partial charge < -0.3 is 9.32 Å². The average Bonchev–Trinajstić information content (AvgIpc) is 3.16. The summed E-state index contributed by atoms with van der Waals surface area (Å²) in [6.45, 7) is 2.76. The van der Waals surface area contributed by atoms with Gasteiger partial charge >= 0.3 is 0 Å². The molecule has 0 spiro atoms. The van der Waals surface area contributed by atoms with Crippen LogP contribution >= 0.6 is 23.1 Å². The largest absolute Gasteiger partial charge is 0.464 e. The molecule has 0 unspecified atom stereocenters. The Labute approximate surface area is 133 Å². The Bertz CT molecular complexity index is 591. The summed E-state index contributed by atoms with van der Waals surface area (Å²) in [5, 5.41) is 4.18. The molecule has 1 amide bonds. The van der Waals surface area contributed by atoms with Crippen LogP contribution in [0.2, 0.25) is 0 Å². The van der Waals surface area contributed by atoms with Gasteiger partial charge in [0.15, 0.2) is 0 Å². The number of carbonyl (C=O) groups excluding carboxylic acids is 1. The van der Waals surface area contributed by atoms with Crippen LogP contribution < -0.4 is 0 Å². The molecule has 0 bridgehead atoms. The maximum Gasteiger partial charge on any atom is 0.223 e. The quantitative estimate of drug-likeness (QED) is 0.856. The number of amides is 1. The summed E-state index contributed by atoms with van der Waals surface area (Å²) in [5.74, 6) is 4.01. The summed E-state index contributed by atoms with van der Waals surface area (Å²) in [6, 6.07) is 6.16. The summed E-state index contributed by atoms with van der Waals surface area (Å²) in [5.41, 5.74) is 1.25. The molecule has 2 aromatic heterocycles. The fraction of sp³-hybridized carbons (Fsp3) is 0.438. The van der Waals surface area contributed by atoms with Crippen molar-refractivity contribution in [2.45, 2.75) is 25.8 Å². The summed E-state index contributed by atoms with van der Waals surface area (Å²) in [6.07, 6.45) is 1.41. The maximum absolute atomic E-state index is 12.6. The number of furan rings is 1. The van der Waals surface area contributed by atoms with Crippen LogP contribution in [0.5, 0.6) is 0 Å². The minimum atomic E-state index is 0.0902. The van der Waals surface area contributed by atoms with Crippen molar-refractivity contribution in [1.82, 2.24) is 4.90 Å². The molecule has 3 nitrogen and oxygen atoms in total. The first-order chi connectivity index (χ1) is 10.2. The van der Waals surface area contributed by atoms with E-state index in [2.05, 4.69) is 16.8 Å². The van der Waals surface area contributed by atoms with E-state index in [1.54, 1.807) is 11.3 Å². The molecule has 2 aromatic rings. The van der Waals surface area contributed by atoms with Crippen molar-refractivity contribution in [3.05, 3.63) is 46.0 Å². The first-order valence-corrected chi connectivity index (χ1v) is 9.28. The van der Waals surface area contributed by atoms with Gasteiger partial charge in [0.1, 0.15) is 11.5 Å². The molecule has 0 N–H and O–H groups in total. The van der Waals surface area contributed by atoms with Crippen LogP contribution in [0, 0.1) is 6.92 Å². The van der Waals surface area contributed by atoms with E-state index >= 15 is 0 Å². The van der Waals surface area contributed by atoms with Crippen LogP contribution in [0.3, 0.4) is 0 Å². The molecule has 0 radical (unpaired) electrons. The zero-order valence-corrected chi connectivity index (χ0v) is 13.7. The van der Waals surface area contributed by atoms with Gasteiger partial charge in [0.25, 0.3) is 0 Å². The number of nitrogens with zero attached hydrogens (tertiary/aromatic N) is 1. The topological polar surface area (TPSA) is 33.5 Å². The van der Waals surface area contributed by atoms with E-state index < -0.39 is 0 Å². The number of thiophene rings is 1. The highest BCUT2D eigenvalue weighted by molar-refractivity contribution is 7.99. The Morgan fingerprint density at radius 2 is 2.33 bits per heavy atom. The second kappa shape index (κ2) is 6.71. The maximum atomic E-state index is 12.6. The number of hydrogen-bond donors (Lipinski definition) is 0. The third kappa shape index (κ3) is 3.52. The molecule has 3 rings (SSSR count). The Balaban J connectivity index is 1.67. The van der Waals surface area contributed by atoms with Gasteiger partial charge in [-0.25, -0.2) is 0 Å². The molecule has 112 valence electrons. The van der Waals surface area contributed by atoms with Gasteiger partial charge in [-0.2, -0.15) is 23.1 Å². The number of rotatable bonds is 4. The molecule has 1 aliphatic heterocycles. The highest BCUT2D eigenvalue weighted by Gasteiger charge is 2.30. The van der Waals surface area contributed by atoms with Gasteiger partial charge in [-0.15, -0.1) is 0 Å². The van der Waals surface area contributed by atoms with E-state index in [0.29, 0.717) is 6.42 Å². The molecule has 3 heterocycles.